The Labute approximate surface area is 101 Å². The number of rotatable bonds is 4. The van der Waals surface area contributed by atoms with Gasteiger partial charge in [-0.25, -0.2) is 14.4 Å². The lowest BCUT2D eigenvalue weighted by Gasteiger charge is -2.10. The highest BCUT2D eigenvalue weighted by Gasteiger charge is 2.14. The highest BCUT2D eigenvalue weighted by Crippen LogP contribution is 2.21. The molecular weight excluding hydrogens is 241 g/mol. The fourth-order valence-electron chi connectivity index (χ4n) is 1.36. The van der Waals surface area contributed by atoms with Crippen molar-refractivity contribution >= 4 is 16.9 Å². The lowest BCUT2D eigenvalue weighted by atomic mass is 10.2. The first kappa shape index (κ1) is 12.2. The second-order valence-corrected chi connectivity index (χ2v) is 3.60. The lowest BCUT2D eigenvalue weighted by molar-refractivity contribution is -0.139. The fourth-order valence-corrected chi connectivity index (χ4v) is 1.36. The Morgan fingerprint density at radius 1 is 1.50 bits per heavy atom. The van der Waals surface area contributed by atoms with Crippen LogP contribution >= 0.6 is 0 Å². The van der Waals surface area contributed by atoms with Crippen LogP contribution in [0.4, 0.5) is 4.39 Å². The number of carboxylic acids is 1. The number of nitrogens with two attached hydrogens (primary N) is 1. The van der Waals surface area contributed by atoms with Crippen LogP contribution in [-0.4, -0.2) is 33.7 Å². The van der Waals surface area contributed by atoms with Crippen LogP contribution in [0.3, 0.4) is 0 Å². The molecule has 1 aromatic carbocycles. The molecule has 0 aliphatic carbocycles. The average molecular weight is 251 g/mol. The summed E-state index contributed by atoms with van der Waals surface area (Å²) in [5.74, 6) is -1.53. The molecule has 7 heteroatoms. The quantitative estimate of drug-likeness (QED) is 0.823. The van der Waals surface area contributed by atoms with Crippen LogP contribution in [0, 0.1) is 5.82 Å². The molecule has 2 rings (SSSR count). The van der Waals surface area contributed by atoms with Crippen molar-refractivity contribution < 1.29 is 19.0 Å². The molecule has 3 N–H and O–H groups in total. The van der Waals surface area contributed by atoms with Crippen molar-refractivity contribution in [3.8, 4) is 5.88 Å². The molecule has 6 nitrogen and oxygen atoms in total. The summed E-state index contributed by atoms with van der Waals surface area (Å²) in [6, 6.07) is 2.80. The number of hydrogen-bond donors (Lipinski definition) is 2. The maximum atomic E-state index is 13.1. The van der Waals surface area contributed by atoms with E-state index in [1.807, 2.05) is 0 Å². The fraction of sp³-hybridized carbons (Fsp3) is 0.182. The van der Waals surface area contributed by atoms with E-state index < -0.39 is 17.8 Å². The van der Waals surface area contributed by atoms with Crippen molar-refractivity contribution in [2.45, 2.75) is 6.04 Å². The van der Waals surface area contributed by atoms with Crippen molar-refractivity contribution in [3.05, 3.63) is 30.3 Å². The molecule has 0 saturated heterocycles. The molecule has 0 aliphatic heterocycles. The summed E-state index contributed by atoms with van der Waals surface area (Å²) in [5, 5.41) is 8.99. The molecule has 2 aromatic rings. The zero-order chi connectivity index (χ0) is 13.1. The number of nitrogens with zero attached hydrogens (tertiary/aromatic N) is 2. The Morgan fingerprint density at radius 3 is 3.00 bits per heavy atom. The second kappa shape index (κ2) is 4.92. The molecule has 94 valence electrons. The lowest BCUT2D eigenvalue weighted by Crippen LogP contribution is -2.36. The van der Waals surface area contributed by atoms with Gasteiger partial charge in [0.15, 0.2) is 0 Å². The summed E-state index contributed by atoms with van der Waals surface area (Å²) in [7, 11) is 0. The van der Waals surface area contributed by atoms with Gasteiger partial charge in [-0.15, -0.1) is 0 Å². The molecule has 0 fully saturated rings. The largest absolute Gasteiger partial charge is 0.480 e. The molecule has 0 spiro atoms. The van der Waals surface area contributed by atoms with Crippen molar-refractivity contribution in [2.24, 2.45) is 5.73 Å². The highest BCUT2D eigenvalue weighted by molar-refractivity contribution is 5.83. The van der Waals surface area contributed by atoms with E-state index in [-0.39, 0.29) is 12.5 Å². The third-order valence-corrected chi connectivity index (χ3v) is 2.28. The van der Waals surface area contributed by atoms with E-state index in [2.05, 4.69) is 9.97 Å². The van der Waals surface area contributed by atoms with Gasteiger partial charge in [-0.2, -0.15) is 0 Å². The molecule has 1 aromatic heterocycles. The van der Waals surface area contributed by atoms with Crippen LogP contribution in [0.25, 0.3) is 10.9 Å². The standard InChI is InChI=1S/C11H10FN3O3/c12-6-1-2-9-7(3-6)10(15-5-14-9)18-4-8(13)11(16)17/h1-3,5,8H,4,13H2,(H,16,17). The van der Waals surface area contributed by atoms with E-state index >= 15 is 0 Å². The molecule has 0 bridgehead atoms. The number of hydrogen-bond acceptors (Lipinski definition) is 5. The molecule has 0 saturated carbocycles. The predicted molar refractivity (Wildman–Crippen MR) is 60.6 cm³/mol. The average Bonchev–Trinajstić information content (AvgIpc) is 2.35. The van der Waals surface area contributed by atoms with E-state index in [0.29, 0.717) is 10.9 Å². The Bertz CT molecular complexity index is 591. The normalized spacial score (nSPS) is 12.3. The van der Waals surface area contributed by atoms with Crippen LogP contribution in [0.2, 0.25) is 0 Å². The van der Waals surface area contributed by atoms with E-state index in [1.54, 1.807) is 0 Å². The van der Waals surface area contributed by atoms with Crippen LogP contribution < -0.4 is 10.5 Å². The number of fused-ring (bicyclic) bond motifs is 1. The van der Waals surface area contributed by atoms with Crippen molar-refractivity contribution in [1.82, 2.24) is 9.97 Å². The summed E-state index contributed by atoms with van der Waals surface area (Å²) in [4.78, 5) is 18.3. The molecular formula is C11H10FN3O3. The van der Waals surface area contributed by atoms with Crippen LogP contribution in [-0.2, 0) is 4.79 Å². The number of aromatic nitrogens is 2. The van der Waals surface area contributed by atoms with Crippen LogP contribution in [0.5, 0.6) is 5.88 Å². The zero-order valence-electron chi connectivity index (χ0n) is 9.21. The number of ether oxygens (including phenoxy) is 1. The Morgan fingerprint density at radius 2 is 2.28 bits per heavy atom. The van der Waals surface area contributed by atoms with Crippen LogP contribution in [0.1, 0.15) is 0 Å². The van der Waals surface area contributed by atoms with Gasteiger partial charge in [-0.1, -0.05) is 0 Å². The minimum absolute atomic E-state index is 0.108. The zero-order valence-corrected chi connectivity index (χ0v) is 9.21. The van der Waals surface area contributed by atoms with Crippen LogP contribution in [0.15, 0.2) is 24.5 Å². The first-order valence-corrected chi connectivity index (χ1v) is 5.09. The predicted octanol–water partition coefficient (Wildman–Crippen LogP) is 0.560. The first-order valence-electron chi connectivity index (χ1n) is 5.09. The van der Waals surface area contributed by atoms with Crippen molar-refractivity contribution in [2.75, 3.05) is 6.61 Å². The van der Waals surface area contributed by atoms with E-state index in [0.717, 1.165) is 0 Å². The van der Waals surface area contributed by atoms with Gasteiger partial charge in [0.1, 0.15) is 24.8 Å². The van der Waals surface area contributed by atoms with Gasteiger partial charge in [0, 0.05) is 0 Å². The molecule has 18 heavy (non-hydrogen) atoms. The Balaban J connectivity index is 2.27. The smallest absolute Gasteiger partial charge is 0.324 e. The maximum Gasteiger partial charge on any atom is 0.324 e. The molecule has 0 radical (unpaired) electrons. The summed E-state index contributed by atoms with van der Waals surface area (Å²) in [6.45, 7) is -0.252. The van der Waals surface area contributed by atoms with Crippen molar-refractivity contribution in [1.29, 1.82) is 0 Å². The van der Waals surface area contributed by atoms with Gasteiger partial charge in [0.2, 0.25) is 5.88 Å². The Kier molecular flexibility index (Phi) is 3.33. The van der Waals surface area contributed by atoms with Gasteiger partial charge in [0.05, 0.1) is 10.9 Å². The van der Waals surface area contributed by atoms with Gasteiger partial charge in [-0.05, 0) is 18.2 Å². The molecule has 0 aliphatic rings. The second-order valence-electron chi connectivity index (χ2n) is 3.60. The highest BCUT2D eigenvalue weighted by atomic mass is 19.1. The number of benzene rings is 1. The van der Waals surface area contributed by atoms with Gasteiger partial charge in [-0.3, -0.25) is 4.79 Å². The first-order chi connectivity index (χ1) is 8.58. The third-order valence-electron chi connectivity index (χ3n) is 2.28. The monoisotopic (exact) mass is 251 g/mol. The summed E-state index contributed by atoms with van der Waals surface area (Å²) in [5.41, 5.74) is 5.80. The van der Waals surface area contributed by atoms with Gasteiger partial charge >= 0.3 is 5.97 Å². The minimum atomic E-state index is -1.18. The van der Waals surface area contributed by atoms with Gasteiger partial charge < -0.3 is 15.6 Å². The number of halogens is 1. The van der Waals surface area contributed by atoms with Gasteiger partial charge in [0.25, 0.3) is 0 Å². The third kappa shape index (κ3) is 2.51. The molecule has 1 atom stereocenters. The summed E-state index contributed by atoms with van der Waals surface area (Å²) >= 11 is 0. The Hall–Kier alpha value is -2.28. The molecule has 1 unspecified atom stereocenters. The van der Waals surface area contributed by atoms with Crippen molar-refractivity contribution in [3.63, 3.8) is 0 Å². The van der Waals surface area contributed by atoms with E-state index in [4.69, 9.17) is 15.6 Å². The number of aliphatic carboxylic acids is 1. The van der Waals surface area contributed by atoms with E-state index in [1.165, 1.54) is 24.5 Å². The maximum absolute atomic E-state index is 13.1. The SMILES string of the molecule is NC(COc1ncnc2ccc(F)cc12)C(=O)O. The number of carboxylic acid groups (broad SMARTS) is 1. The minimum Gasteiger partial charge on any atom is -0.480 e. The topological polar surface area (TPSA) is 98.3 Å². The molecule has 1 heterocycles. The van der Waals surface area contributed by atoms with E-state index in [9.17, 15) is 9.18 Å². The molecule has 0 amide bonds. The summed E-state index contributed by atoms with van der Waals surface area (Å²) in [6.07, 6.45) is 1.25. The summed E-state index contributed by atoms with van der Waals surface area (Å²) < 4.78 is 18.3. The number of carbonyl (C=O) groups is 1.